The van der Waals surface area contributed by atoms with Gasteiger partial charge in [-0.05, 0) is 19.3 Å². The molecule has 7 heteroatoms. The molecule has 0 bridgehead atoms. The fourth-order valence-corrected chi connectivity index (χ4v) is 3.93. The standard InChI is InChI=1S/C12H15N5OS/c18-8-2-1-3-9-11(8)14-12(19-9)16-4-5-17-7-13-15-10(17)6-16/h7-8,18H,1-6H2. The molecule has 0 saturated heterocycles. The van der Waals surface area contributed by atoms with Crippen LogP contribution in [0.1, 0.15) is 35.3 Å². The van der Waals surface area contributed by atoms with Crippen molar-refractivity contribution in [3.05, 3.63) is 22.7 Å². The van der Waals surface area contributed by atoms with Gasteiger partial charge in [-0.15, -0.1) is 21.5 Å². The average molecular weight is 277 g/mol. The second-order valence-corrected chi connectivity index (χ2v) is 6.14. The van der Waals surface area contributed by atoms with E-state index in [1.807, 2.05) is 0 Å². The van der Waals surface area contributed by atoms with Gasteiger partial charge >= 0.3 is 0 Å². The van der Waals surface area contributed by atoms with E-state index in [1.165, 1.54) is 4.88 Å². The van der Waals surface area contributed by atoms with Crippen molar-refractivity contribution in [2.45, 2.75) is 38.5 Å². The number of aliphatic hydroxyl groups excluding tert-OH is 1. The number of hydrogen-bond donors (Lipinski definition) is 1. The molecule has 100 valence electrons. The van der Waals surface area contributed by atoms with Crippen molar-refractivity contribution in [3.8, 4) is 0 Å². The van der Waals surface area contributed by atoms with Gasteiger partial charge in [0.1, 0.15) is 6.33 Å². The van der Waals surface area contributed by atoms with Crippen LogP contribution in [0.25, 0.3) is 0 Å². The Morgan fingerprint density at radius 3 is 3.21 bits per heavy atom. The first-order valence-electron chi connectivity index (χ1n) is 6.60. The summed E-state index contributed by atoms with van der Waals surface area (Å²) in [6.45, 7) is 2.57. The number of hydrogen-bond acceptors (Lipinski definition) is 6. The van der Waals surface area contributed by atoms with Crippen molar-refractivity contribution in [1.29, 1.82) is 0 Å². The summed E-state index contributed by atoms with van der Waals surface area (Å²) in [6, 6.07) is 0. The third-order valence-electron chi connectivity index (χ3n) is 3.82. The van der Waals surface area contributed by atoms with Gasteiger partial charge in [-0.1, -0.05) is 0 Å². The number of nitrogens with zero attached hydrogens (tertiary/aromatic N) is 5. The summed E-state index contributed by atoms with van der Waals surface area (Å²) in [5.41, 5.74) is 0.901. The van der Waals surface area contributed by atoms with Gasteiger partial charge in [0.2, 0.25) is 0 Å². The summed E-state index contributed by atoms with van der Waals surface area (Å²) in [5, 5.41) is 19.1. The molecule has 0 radical (unpaired) electrons. The first-order chi connectivity index (χ1) is 9.31. The van der Waals surface area contributed by atoms with Gasteiger partial charge in [0.25, 0.3) is 0 Å². The van der Waals surface area contributed by atoms with Gasteiger partial charge in [-0.3, -0.25) is 0 Å². The van der Waals surface area contributed by atoms with E-state index in [2.05, 4.69) is 24.6 Å². The minimum absolute atomic E-state index is 0.373. The van der Waals surface area contributed by atoms with Crippen LogP contribution in [0.15, 0.2) is 6.33 Å². The van der Waals surface area contributed by atoms with Gasteiger partial charge in [0, 0.05) is 18.0 Å². The molecule has 0 amide bonds. The number of aryl methyl sites for hydroxylation is 1. The van der Waals surface area contributed by atoms with E-state index in [-0.39, 0.29) is 6.10 Å². The van der Waals surface area contributed by atoms with Gasteiger partial charge in [-0.2, -0.15) is 0 Å². The third kappa shape index (κ3) is 1.84. The van der Waals surface area contributed by atoms with Crippen LogP contribution >= 0.6 is 11.3 Å². The lowest BCUT2D eigenvalue weighted by atomic mass is 10.0. The van der Waals surface area contributed by atoms with E-state index in [0.717, 1.165) is 55.5 Å². The van der Waals surface area contributed by atoms with Gasteiger partial charge < -0.3 is 14.6 Å². The molecule has 0 spiro atoms. The quantitative estimate of drug-likeness (QED) is 0.846. The number of aliphatic hydroxyl groups is 1. The second-order valence-electron chi connectivity index (χ2n) is 5.08. The van der Waals surface area contributed by atoms with Gasteiger partial charge in [-0.25, -0.2) is 4.98 Å². The first-order valence-corrected chi connectivity index (χ1v) is 7.42. The molecule has 0 saturated carbocycles. The van der Waals surface area contributed by atoms with E-state index in [4.69, 9.17) is 0 Å². The molecule has 1 atom stereocenters. The molecule has 0 aromatic carbocycles. The summed E-state index contributed by atoms with van der Waals surface area (Å²) >= 11 is 1.72. The topological polar surface area (TPSA) is 67.1 Å². The maximum atomic E-state index is 10.00. The van der Waals surface area contributed by atoms with E-state index < -0.39 is 0 Å². The van der Waals surface area contributed by atoms with Crippen molar-refractivity contribution in [1.82, 2.24) is 19.7 Å². The lowest BCUT2D eigenvalue weighted by Crippen LogP contribution is -2.33. The minimum Gasteiger partial charge on any atom is -0.387 e. The first kappa shape index (κ1) is 11.4. The Labute approximate surface area is 114 Å². The normalized spacial score (nSPS) is 22.2. The fourth-order valence-electron chi connectivity index (χ4n) is 2.75. The molecule has 1 N–H and O–H groups in total. The summed E-state index contributed by atoms with van der Waals surface area (Å²) in [5.74, 6) is 0.986. The lowest BCUT2D eigenvalue weighted by molar-refractivity contribution is 0.153. The zero-order valence-corrected chi connectivity index (χ0v) is 11.3. The van der Waals surface area contributed by atoms with Crippen LogP contribution < -0.4 is 4.90 Å². The largest absolute Gasteiger partial charge is 0.387 e. The predicted molar refractivity (Wildman–Crippen MR) is 71.1 cm³/mol. The molecule has 2 aromatic rings. The highest BCUT2D eigenvalue weighted by molar-refractivity contribution is 7.15. The average Bonchev–Trinajstić information content (AvgIpc) is 3.04. The van der Waals surface area contributed by atoms with E-state index >= 15 is 0 Å². The predicted octanol–water partition coefficient (Wildman–Crippen LogP) is 1.12. The smallest absolute Gasteiger partial charge is 0.186 e. The zero-order valence-electron chi connectivity index (χ0n) is 10.5. The number of anilines is 1. The summed E-state index contributed by atoms with van der Waals surface area (Å²) in [6.07, 6.45) is 4.36. The monoisotopic (exact) mass is 277 g/mol. The minimum atomic E-state index is -0.373. The lowest BCUT2D eigenvalue weighted by Gasteiger charge is -2.26. The maximum absolute atomic E-state index is 10.00. The Bertz CT molecular complexity index is 607. The second kappa shape index (κ2) is 4.28. The molecule has 2 aliphatic rings. The van der Waals surface area contributed by atoms with Crippen molar-refractivity contribution in [3.63, 3.8) is 0 Å². The van der Waals surface area contributed by atoms with Gasteiger partial charge in [0.05, 0.1) is 18.3 Å². The highest BCUT2D eigenvalue weighted by atomic mass is 32.1. The summed E-state index contributed by atoms with van der Waals surface area (Å²) < 4.78 is 2.08. The van der Waals surface area contributed by atoms with Crippen LogP contribution in [-0.4, -0.2) is 31.4 Å². The van der Waals surface area contributed by atoms with Crippen LogP contribution in [0.2, 0.25) is 0 Å². The van der Waals surface area contributed by atoms with Crippen molar-refractivity contribution >= 4 is 16.5 Å². The van der Waals surface area contributed by atoms with Crippen LogP contribution in [0, 0.1) is 0 Å². The van der Waals surface area contributed by atoms with Crippen molar-refractivity contribution in [2.24, 2.45) is 0 Å². The number of thiazole rings is 1. The molecule has 1 aliphatic heterocycles. The SMILES string of the molecule is OC1CCCc2sc(N3CCn4cnnc4C3)nc21. The Kier molecular flexibility index (Phi) is 2.56. The summed E-state index contributed by atoms with van der Waals surface area (Å²) in [7, 11) is 0. The zero-order chi connectivity index (χ0) is 12.8. The molecule has 0 fully saturated rings. The maximum Gasteiger partial charge on any atom is 0.186 e. The molecule has 4 rings (SSSR count). The highest BCUT2D eigenvalue weighted by Crippen LogP contribution is 2.37. The highest BCUT2D eigenvalue weighted by Gasteiger charge is 2.26. The van der Waals surface area contributed by atoms with Crippen molar-refractivity contribution < 1.29 is 5.11 Å². The van der Waals surface area contributed by atoms with Crippen LogP contribution in [-0.2, 0) is 19.5 Å². The van der Waals surface area contributed by atoms with E-state index in [1.54, 1.807) is 17.7 Å². The Balaban J connectivity index is 1.64. The molecular weight excluding hydrogens is 262 g/mol. The van der Waals surface area contributed by atoms with Crippen molar-refractivity contribution in [2.75, 3.05) is 11.4 Å². The Morgan fingerprint density at radius 2 is 2.32 bits per heavy atom. The van der Waals surface area contributed by atoms with Gasteiger partial charge in [0.15, 0.2) is 11.0 Å². The van der Waals surface area contributed by atoms with Crippen LogP contribution in [0.4, 0.5) is 5.13 Å². The van der Waals surface area contributed by atoms with E-state index in [9.17, 15) is 5.11 Å². The number of fused-ring (bicyclic) bond motifs is 2. The van der Waals surface area contributed by atoms with E-state index in [0.29, 0.717) is 0 Å². The molecule has 1 unspecified atom stereocenters. The number of rotatable bonds is 1. The molecule has 3 heterocycles. The van der Waals surface area contributed by atoms with Crippen LogP contribution in [0.3, 0.4) is 0 Å². The molecule has 6 nitrogen and oxygen atoms in total. The Morgan fingerprint density at radius 1 is 1.37 bits per heavy atom. The fraction of sp³-hybridized carbons (Fsp3) is 0.583. The Hall–Kier alpha value is -1.47. The molecule has 2 aromatic heterocycles. The molecule has 1 aliphatic carbocycles. The number of aromatic nitrogens is 4. The molecular formula is C12H15N5OS. The third-order valence-corrected chi connectivity index (χ3v) is 5.01. The summed E-state index contributed by atoms with van der Waals surface area (Å²) in [4.78, 5) is 8.14. The molecule has 19 heavy (non-hydrogen) atoms. The van der Waals surface area contributed by atoms with Crippen LogP contribution in [0.5, 0.6) is 0 Å².